The van der Waals surface area contributed by atoms with Crippen LogP contribution in [0.5, 0.6) is 0 Å². The normalized spacial score (nSPS) is 25.5. The summed E-state index contributed by atoms with van der Waals surface area (Å²) in [6, 6.07) is 11.5. The first kappa shape index (κ1) is 24.0. The second-order valence-corrected chi connectivity index (χ2v) is 13.5. The molecule has 2 aliphatic rings. The molecule has 1 saturated heterocycles. The average molecular weight is 495 g/mol. The van der Waals surface area contributed by atoms with Gasteiger partial charge >= 0.3 is 0 Å². The monoisotopic (exact) mass is 494 g/mol. The Kier molecular flexibility index (Phi) is 5.98. The maximum absolute atomic E-state index is 13.7. The predicted octanol–water partition coefficient (Wildman–Crippen LogP) is 4.71. The fourth-order valence-electron chi connectivity index (χ4n) is 6.19. The number of nitrogens with one attached hydrogen (secondary N) is 1. The van der Waals surface area contributed by atoms with Crippen LogP contribution in [0.2, 0.25) is 0 Å². The van der Waals surface area contributed by atoms with Gasteiger partial charge in [0.1, 0.15) is 0 Å². The van der Waals surface area contributed by atoms with Gasteiger partial charge in [0.25, 0.3) is 5.91 Å². The van der Waals surface area contributed by atoms with Crippen LogP contribution in [-0.2, 0) is 9.84 Å². The van der Waals surface area contributed by atoms with Crippen molar-refractivity contribution in [3.8, 4) is 11.3 Å². The minimum atomic E-state index is -3.10. The minimum Gasteiger partial charge on any atom is -0.349 e. The number of pyridine rings is 1. The molecule has 1 aromatic carbocycles. The highest BCUT2D eigenvalue weighted by Gasteiger charge is 2.35. The van der Waals surface area contributed by atoms with E-state index in [9.17, 15) is 13.2 Å². The number of hydrogen-bond acceptors (Lipinski definition) is 5. The quantitative estimate of drug-likeness (QED) is 0.567. The molecule has 5 rings (SSSR count). The highest BCUT2D eigenvalue weighted by Crippen LogP contribution is 2.39. The van der Waals surface area contributed by atoms with E-state index in [0.29, 0.717) is 40.3 Å². The Morgan fingerprint density at radius 3 is 2.57 bits per heavy atom. The molecule has 0 spiro atoms. The molecule has 35 heavy (non-hydrogen) atoms. The molecule has 3 atom stereocenters. The van der Waals surface area contributed by atoms with Crippen LogP contribution < -0.4 is 5.32 Å². The molecule has 8 heteroatoms. The van der Waals surface area contributed by atoms with Crippen LogP contribution in [0.4, 0.5) is 0 Å². The van der Waals surface area contributed by atoms with E-state index in [0.717, 1.165) is 24.8 Å². The van der Waals surface area contributed by atoms with Crippen LogP contribution >= 0.6 is 0 Å². The number of carbonyl (C=O) groups is 1. The van der Waals surface area contributed by atoms with Crippen LogP contribution in [0.25, 0.3) is 22.3 Å². The molecule has 1 aliphatic carbocycles. The highest BCUT2D eigenvalue weighted by atomic mass is 32.2. The highest BCUT2D eigenvalue weighted by molar-refractivity contribution is 7.91. The number of fused-ring (bicyclic) bond motifs is 1. The van der Waals surface area contributed by atoms with Crippen molar-refractivity contribution in [3.05, 3.63) is 47.7 Å². The SMILES string of the molecule is Cc1nn(C2CCS(=O)(=O)C2)c2nc(-c3ccccc3)cc(C(=O)NC3CC(C)CC(C)(C)C3)c12. The molecular weight excluding hydrogens is 460 g/mol. The summed E-state index contributed by atoms with van der Waals surface area (Å²) >= 11 is 0. The van der Waals surface area contributed by atoms with Crippen molar-refractivity contribution < 1.29 is 13.2 Å². The number of sulfone groups is 1. The molecule has 2 aromatic heterocycles. The molecule has 1 N–H and O–H groups in total. The number of rotatable bonds is 4. The molecule has 7 nitrogen and oxygen atoms in total. The van der Waals surface area contributed by atoms with Crippen LogP contribution in [0, 0.1) is 18.3 Å². The van der Waals surface area contributed by atoms with E-state index in [4.69, 9.17) is 10.1 Å². The van der Waals surface area contributed by atoms with Crippen LogP contribution in [0.1, 0.15) is 68.5 Å². The smallest absolute Gasteiger partial charge is 0.252 e. The second kappa shape index (κ2) is 8.73. The summed E-state index contributed by atoms with van der Waals surface area (Å²) in [5.41, 5.74) is 3.59. The first-order chi connectivity index (χ1) is 16.5. The lowest BCUT2D eigenvalue weighted by molar-refractivity contribution is 0.0875. The largest absolute Gasteiger partial charge is 0.349 e. The van der Waals surface area contributed by atoms with Crippen molar-refractivity contribution >= 4 is 26.8 Å². The van der Waals surface area contributed by atoms with Gasteiger partial charge in [-0.05, 0) is 50.0 Å². The van der Waals surface area contributed by atoms with E-state index in [1.165, 1.54) is 0 Å². The number of aryl methyl sites for hydroxylation is 1. The lowest BCUT2D eigenvalue weighted by Gasteiger charge is -2.39. The Bertz CT molecular complexity index is 1380. The molecule has 3 aromatic rings. The summed E-state index contributed by atoms with van der Waals surface area (Å²) in [5, 5.41) is 8.72. The molecule has 1 aliphatic heterocycles. The van der Waals surface area contributed by atoms with Gasteiger partial charge in [-0.2, -0.15) is 5.10 Å². The predicted molar refractivity (Wildman–Crippen MR) is 138 cm³/mol. The number of hydrogen-bond donors (Lipinski definition) is 1. The fraction of sp³-hybridized carbons (Fsp3) is 0.519. The van der Waals surface area contributed by atoms with Crippen LogP contribution in [-0.4, -0.2) is 46.6 Å². The zero-order valence-corrected chi connectivity index (χ0v) is 21.7. The Balaban J connectivity index is 1.60. The van der Waals surface area contributed by atoms with Crippen molar-refractivity contribution in [1.29, 1.82) is 0 Å². The number of carbonyl (C=O) groups excluding carboxylic acids is 1. The molecule has 2 fully saturated rings. The third-order valence-electron chi connectivity index (χ3n) is 7.43. The van der Waals surface area contributed by atoms with Gasteiger partial charge in [-0.1, -0.05) is 51.1 Å². The van der Waals surface area contributed by atoms with Crippen LogP contribution in [0.15, 0.2) is 36.4 Å². The second-order valence-electron chi connectivity index (χ2n) is 11.3. The van der Waals surface area contributed by atoms with Crippen molar-refractivity contribution in [1.82, 2.24) is 20.1 Å². The molecule has 0 bridgehead atoms. The lowest BCUT2D eigenvalue weighted by atomic mass is 9.70. The molecule has 1 amide bonds. The Morgan fingerprint density at radius 1 is 1.17 bits per heavy atom. The average Bonchev–Trinajstić information content (AvgIpc) is 3.31. The van der Waals surface area contributed by atoms with Gasteiger partial charge in [-0.15, -0.1) is 0 Å². The molecular formula is C27H34N4O3S. The summed E-state index contributed by atoms with van der Waals surface area (Å²) < 4.78 is 26.1. The van der Waals surface area contributed by atoms with E-state index in [2.05, 4.69) is 26.1 Å². The summed E-state index contributed by atoms with van der Waals surface area (Å²) in [6.45, 7) is 8.66. The first-order valence-electron chi connectivity index (χ1n) is 12.5. The van der Waals surface area contributed by atoms with E-state index in [1.807, 2.05) is 43.3 Å². The number of amides is 1. The third-order valence-corrected chi connectivity index (χ3v) is 9.18. The van der Waals surface area contributed by atoms with Gasteiger partial charge in [-0.3, -0.25) is 4.79 Å². The standard InChI is InChI=1S/C27H34N4O3S/c1-17-12-20(15-27(3,4)14-17)28-26(32)22-13-23(19-8-6-5-7-9-19)29-25-24(22)18(2)30-31(25)21-10-11-35(33,34)16-21/h5-9,13,17,20-21H,10-12,14-16H2,1-4H3,(H,28,32). The topological polar surface area (TPSA) is 93.9 Å². The van der Waals surface area contributed by atoms with Gasteiger partial charge in [0.05, 0.1) is 39.9 Å². The third kappa shape index (κ3) is 4.85. The van der Waals surface area contributed by atoms with Gasteiger partial charge in [-0.25, -0.2) is 18.1 Å². The van der Waals surface area contributed by atoms with E-state index < -0.39 is 9.84 Å². The Hall–Kier alpha value is -2.74. The maximum atomic E-state index is 13.7. The Labute approximate surface area is 207 Å². The molecule has 3 unspecified atom stereocenters. The zero-order chi connectivity index (χ0) is 25.0. The van der Waals surface area contributed by atoms with Crippen molar-refractivity contribution in [3.63, 3.8) is 0 Å². The van der Waals surface area contributed by atoms with E-state index in [1.54, 1.807) is 4.68 Å². The van der Waals surface area contributed by atoms with Crippen LogP contribution in [0.3, 0.4) is 0 Å². The van der Waals surface area contributed by atoms with E-state index >= 15 is 0 Å². The number of aromatic nitrogens is 3. The fourth-order valence-corrected chi connectivity index (χ4v) is 7.88. The van der Waals surface area contributed by atoms with Crippen molar-refractivity contribution in [2.45, 2.75) is 65.5 Å². The number of benzene rings is 1. The summed E-state index contributed by atoms with van der Waals surface area (Å²) in [4.78, 5) is 18.7. The maximum Gasteiger partial charge on any atom is 0.252 e. The Morgan fingerprint density at radius 2 is 1.91 bits per heavy atom. The minimum absolute atomic E-state index is 0.0526. The number of nitrogens with zero attached hydrogens (tertiary/aromatic N) is 3. The molecule has 3 heterocycles. The first-order valence-corrected chi connectivity index (χ1v) is 14.3. The molecule has 0 radical (unpaired) electrons. The zero-order valence-electron chi connectivity index (χ0n) is 20.9. The van der Waals surface area contributed by atoms with E-state index in [-0.39, 0.29) is 34.9 Å². The lowest BCUT2D eigenvalue weighted by Crippen LogP contribution is -2.43. The van der Waals surface area contributed by atoms with Gasteiger partial charge in [0, 0.05) is 11.6 Å². The van der Waals surface area contributed by atoms with Crippen molar-refractivity contribution in [2.24, 2.45) is 11.3 Å². The summed E-state index contributed by atoms with van der Waals surface area (Å²) in [7, 11) is -3.10. The van der Waals surface area contributed by atoms with Crippen molar-refractivity contribution in [2.75, 3.05) is 11.5 Å². The van der Waals surface area contributed by atoms with Gasteiger partial charge in [0.2, 0.25) is 0 Å². The van der Waals surface area contributed by atoms with Gasteiger partial charge in [0.15, 0.2) is 15.5 Å². The summed E-state index contributed by atoms with van der Waals surface area (Å²) in [5.74, 6) is 0.637. The van der Waals surface area contributed by atoms with Gasteiger partial charge < -0.3 is 5.32 Å². The molecule has 186 valence electrons. The molecule has 1 saturated carbocycles. The summed E-state index contributed by atoms with van der Waals surface area (Å²) in [6.07, 6.45) is 3.58.